The molecule has 1 saturated heterocycles. The Balaban J connectivity index is 1.34. The van der Waals surface area contributed by atoms with E-state index in [1.165, 1.54) is 17.4 Å². The molecule has 0 radical (unpaired) electrons. The maximum atomic E-state index is 13.2. The van der Waals surface area contributed by atoms with Crippen molar-refractivity contribution < 1.29 is 9.59 Å². The molecule has 0 bridgehead atoms. The number of nitrogens with one attached hydrogen (secondary N) is 2. The van der Waals surface area contributed by atoms with Crippen LogP contribution in [0.5, 0.6) is 0 Å². The van der Waals surface area contributed by atoms with Crippen molar-refractivity contribution in [2.75, 3.05) is 6.54 Å². The molecule has 2 aromatic rings. The van der Waals surface area contributed by atoms with Crippen molar-refractivity contribution in [3.8, 4) is 0 Å². The lowest BCUT2D eigenvalue weighted by atomic mass is 10.1. The zero-order valence-electron chi connectivity index (χ0n) is 19.0. The van der Waals surface area contributed by atoms with Crippen LogP contribution in [0.15, 0.2) is 10.9 Å². The van der Waals surface area contributed by atoms with Crippen LogP contribution in [0.4, 0.5) is 0 Å². The van der Waals surface area contributed by atoms with Crippen molar-refractivity contribution in [3.63, 3.8) is 0 Å². The van der Waals surface area contributed by atoms with E-state index in [9.17, 15) is 14.4 Å². The standard InChI is InChI=1S/C24H33N5O3/c1-14-12-18(14)23(31)28-11-5-8-20(28)19-13-21-25-15(2)17(24(32)29(21)27-19)9-10-22(30)26-16-6-3-4-7-16/h13-14,16,18,20,27H,3-12H2,1-2H3,(H,26,30)/t14-,18-,20-/m0/s1. The van der Waals surface area contributed by atoms with Gasteiger partial charge in [0.25, 0.3) is 5.56 Å². The van der Waals surface area contributed by atoms with Crippen LogP contribution in [0.2, 0.25) is 0 Å². The number of fused-ring (bicyclic) bond motifs is 1. The van der Waals surface area contributed by atoms with Gasteiger partial charge in [0.05, 0.1) is 11.7 Å². The molecule has 2 saturated carbocycles. The van der Waals surface area contributed by atoms with E-state index < -0.39 is 0 Å². The fraction of sp³-hybridized carbons (Fsp3) is 0.667. The zero-order valence-corrected chi connectivity index (χ0v) is 19.0. The number of rotatable bonds is 6. The number of amides is 2. The molecule has 3 atom stereocenters. The molecule has 3 fully saturated rings. The molecule has 5 rings (SSSR count). The SMILES string of the molecule is Cc1nc2cc([C@@H]3CCCN3C(=O)[C@H]3C[C@@H]3C)[nH]n2c(=O)c1CCC(=O)NC1CCCC1. The summed E-state index contributed by atoms with van der Waals surface area (Å²) in [6.45, 7) is 4.72. The summed E-state index contributed by atoms with van der Waals surface area (Å²) >= 11 is 0. The zero-order chi connectivity index (χ0) is 22.4. The first-order valence-corrected chi connectivity index (χ1v) is 12.1. The van der Waals surface area contributed by atoms with E-state index >= 15 is 0 Å². The van der Waals surface area contributed by atoms with Crippen LogP contribution in [-0.2, 0) is 16.0 Å². The van der Waals surface area contributed by atoms with Gasteiger partial charge in [0.15, 0.2) is 5.65 Å². The number of likely N-dealkylation sites (tertiary alicyclic amines) is 1. The Morgan fingerprint density at radius 1 is 1.22 bits per heavy atom. The van der Waals surface area contributed by atoms with Crippen molar-refractivity contribution in [1.29, 1.82) is 0 Å². The molecule has 8 nitrogen and oxygen atoms in total. The maximum absolute atomic E-state index is 13.2. The molecule has 1 aliphatic heterocycles. The van der Waals surface area contributed by atoms with Crippen molar-refractivity contribution in [2.24, 2.45) is 11.8 Å². The van der Waals surface area contributed by atoms with E-state index in [2.05, 4.69) is 22.3 Å². The summed E-state index contributed by atoms with van der Waals surface area (Å²) in [7, 11) is 0. The Labute approximate surface area is 187 Å². The van der Waals surface area contributed by atoms with E-state index in [0.29, 0.717) is 35.7 Å². The van der Waals surface area contributed by atoms with Crippen LogP contribution >= 0.6 is 0 Å². The predicted octanol–water partition coefficient (Wildman–Crippen LogP) is 2.64. The fourth-order valence-electron chi connectivity index (χ4n) is 5.49. The van der Waals surface area contributed by atoms with E-state index in [0.717, 1.165) is 44.3 Å². The van der Waals surface area contributed by atoms with Crippen LogP contribution < -0.4 is 10.9 Å². The second kappa shape index (κ2) is 8.37. The number of aryl methyl sites for hydroxylation is 1. The second-order valence-electron chi connectivity index (χ2n) is 9.94. The minimum atomic E-state index is -0.154. The van der Waals surface area contributed by atoms with Gasteiger partial charge in [0.2, 0.25) is 11.8 Å². The lowest BCUT2D eigenvalue weighted by Crippen LogP contribution is -2.33. The van der Waals surface area contributed by atoms with Crippen LogP contribution in [0.1, 0.15) is 81.3 Å². The summed E-state index contributed by atoms with van der Waals surface area (Å²) in [6.07, 6.45) is 7.94. The molecule has 8 heteroatoms. The van der Waals surface area contributed by atoms with Crippen molar-refractivity contribution in [3.05, 3.63) is 33.4 Å². The first kappa shape index (κ1) is 21.2. The second-order valence-corrected chi connectivity index (χ2v) is 9.94. The first-order valence-electron chi connectivity index (χ1n) is 12.1. The molecule has 0 unspecified atom stereocenters. The lowest BCUT2D eigenvalue weighted by Gasteiger charge is -2.24. The lowest BCUT2D eigenvalue weighted by molar-refractivity contribution is -0.133. The smallest absolute Gasteiger partial charge is 0.276 e. The summed E-state index contributed by atoms with van der Waals surface area (Å²) in [5.74, 6) is 0.878. The third kappa shape index (κ3) is 3.95. The van der Waals surface area contributed by atoms with Gasteiger partial charge in [-0.15, -0.1) is 0 Å². The third-order valence-electron chi connectivity index (χ3n) is 7.58. The third-order valence-corrected chi connectivity index (χ3v) is 7.58. The number of hydrogen-bond donors (Lipinski definition) is 2. The van der Waals surface area contributed by atoms with E-state index in [-0.39, 0.29) is 35.4 Å². The molecule has 2 aromatic heterocycles. The minimum Gasteiger partial charge on any atom is -0.353 e. The number of H-pyrrole nitrogens is 1. The molecular weight excluding hydrogens is 406 g/mol. The summed E-state index contributed by atoms with van der Waals surface area (Å²) in [5.41, 5.74) is 2.52. The topological polar surface area (TPSA) is 99.6 Å². The highest BCUT2D eigenvalue weighted by Crippen LogP contribution is 2.42. The molecule has 2 N–H and O–H groups in total. The van der Waals surface area contributed by atoms with Gasteiger partial charge in [-0.2, -0.15) is 0 Å². The van der Waals surface area contributed by atoms with E-state index in [1.54, 1.807) is 0 Å². The molecule has 0 aromatic carbocycles. The Morgan fingerprint density at radius 3 is 2.69 bits per heavy atom. The highest BCUT2D eigenvalue weighted by molar-refractivity contribution is 5.82. The van der Waals surface area contributed by atoms with Gasteiger partial charge in [-0.3, -0.25) is 19.5 Å². The summed E-state index contributed by atoms with van der Waals surface area (Å²) in [4.78, 5) is 45.0. The van der Waals surface area contributed by atoms with Gasteiger partial charge in [0.1, 0.15) is 0 Å². The van der Waals surface area contributed by atoms with E-state index in [4.69, 9.17) is 0 Å². The molecule has 172 valence electrons. The Hall–Kier alpha value is -2.64. The Bertz CT molecular complexity index is 1100. The number of carbonyl (C=O) groups is 2. The number of carbonyl (C=O) groups excluding carboxylic acids is 2. The normalized spacial score (nSPS) is 25.6. The Kier molecular flexibility index (Phi) is 5.55. The van der Waals surface area contributed by atoms with E-state index in [1.807, 2.05) is 17.9 Å². The summed E-state index contributed by atoms with van der Waals surface area (Å²) in [6, 6.07) is 2.15. The summed E-state index contributed by atoms with van der Waals surface area (Å²) < 4.78 is 1.48. The van der Waals surface area contributed by atoms with Crippen molar-refractivity contribution in [1.82, 2.24) is 24.8 Å². The van der Waals surface area contributed by atoms with Crippen LogP contribution in [0.3, 0.4) is 0 Å². The molecule has 3 aliphatic rings. The first-order chi connectivity index (χ1) is 15.4. The molecule has 0 spiro atoms. The van der Waals surface area contributed by atoms with Gasteiger partial charge in [-0.25, -0.2) is 9.50 Å². The average molecular weight is 440 g/mol. The van der Waals surface area contributed by atoms with Crippen LogP contribution in [0.25, 0.3) is 5.65 Å². The Morgan fingerprint density at radius 2 is 1.97 bits per heavy atom. The van der Waals surface area contributed by atoms with Crippen LogP contribution in [-0.4, -0.2) is 43.9 Å². The van der Waals surface area contributed by atoms with Crippen molar-refractivity contribution in [2.45, 2.75) is 83.7 Å². The summed E-state index contributed by atoms with van der Waals surface area (Å²) in [5, 5.41) is 6.31. The molecular formula is C24H33N5O3. The van der Waals surface area contributed by atoms with Gasteiger partial charge in [-0.1, -0.05) is 19.8 Å². The number of aromatic nitrogens is 3. The largest absolute Gasteiger partial charge is 0.353 e. The highest BCUT2D eigenvalue weighted by Gasteiger charge is 2.44. The average Bonchev–Trinajstić information content (AvgIpc) is 3.22. The van der Waals surface area contributed by atoms with Gasteiger partial charge in [0, 0.05) is 42.2 Å². The van der Waals surface area contributed by atoms with Gasteiger partial charge in [-0.05, 0) is 51.4 Å². The van der Waals surface area contributed by atoms with Crippen LogP contribution in [0, 0.1) is 18.8 Å². The molecule has 2 aliphatic carbocycles. The minimum absolute atomic E-state index is 0.00221. The highest BCUT2D eigenvalue weighted by atomic mass is 16.2. The monoisotopic (exact) mass is 439 g/mol. The number of aromatic amines is 1. The van der Waals surface area contributed by atoms with Gasteiger partial charge >= 0.3 is 0 Å². The number of nitrogens with zero attached hydrogens (tertiary/aromatic N) is 3. The fourth-order valence-corrected chi connectivity index (χ4v) is 5.49. The molecule has 3 heterocycles. The number of hydrogen-bond acceptors (Lipinski definition) is 4. The van der Waals surface area contributed by atoms with Gasteiger partial charge < -0.3 is 10.2 Å². The quantitative estimate of drug-likeness (QED) is 0.723. The molecule has 2 amide bonds. The molecule has 32 heavy (non-hydrogen) atoms. The van der Waals surface area contributed by atoms with Crippen molar-refractivity contribution >= 4 is 17.5 Å². The predicted molar refractivity (Wildman–Crippen MR) is 120 cm³/mol. The maximum Gasteiger partial charge on any atom is 0.276 e.